The molecule has 7 nitrogen and oxygen atoms in total. The number of hydrogen-bond donors (Lipinski definition) is 1. The topological polar surface area (TPSA) is 80.1 Å². The lowest BCUT2D eigenvalue weighted by Gasteiger charge is -2.33. The van der Waals surface area contributed by atoms with Crippen LogP contribution in [0.2, 0.25) is 0 Å². The molecule has 0 spiro atoms. The van der Waals surface area contributed by atoms with Gasteiger partial charge in [-0.3, -0.25) is 9.59 Å². The molecule has 3 fully saturated rings. The minimum Gasteiger partial charge on any atom is -0.354 e. The first-order chi connectivity index (χ1) is 14.7. The summed E-state index contributed by atoms with van der Waals surface area (Å²) in [4.78, 5) is 31.5. The number of pyridine rings is 1. The van der Waals surface area contributed by atoms with Crippen molar-refractivity contribution in [2.24, 2.45) is 11.8 Å². The van der Waals surface area contributed by atoms with Crippen LogP contribution < -0.4 is 5.32 Å². The van der Waals surface area contributed by atoms with Gasteiger partial charge in [-0.15, -0.1) is 0 Å². The summed E-state index contributed by atoms with van der Waals surface area (Å²) >= 11 is 0. The highest BCUT2D eigenvalue weighted by atomic mass is 16.2. The molecule has 3 heterocycles. The molecule has 1 atom stereocenters. The van der Waals surface area contributed by atoms with E-state index in [1.54, 1.807) is 6.20 Å². The van der Waals surface area contributed by atoms with E-state index in [0.717, 1.165) is 68.3 Å². The zero-order valence-electron chi connectivity index (χ0n) is 17.6. The van der Waals surface area contributed by atoms with Gasteiger partial charge in [-0.1, -0.05) is 12.8 Å². The molecule has 2 aliphatic carbocycles. The van der Waals surface area contributed by atoms with Crippen LogP contribution in [0.4, 0.5) is 0 Å². The molecule has 0 bridgehead atoms. The normalized spacial score (nSPS) is 22.5. The fraction of sp³-hybridized carbons (Fsp3) is 0.652. The Kier molecular flexibility index (Phi) is 5.44. The van der Waals surface area contributed by atoms with Crippen molar-refractivity contribution < 1.29 is 9.59 Å². The first-order valence-electron chi connectivity index (χ1n) is 11.6. The van der Waals surface area contributed by atoms with Crippen molar-refractivity contribution in [3.8, 4) is 0 Å². The van der Waals surface area contributed by atoms with Gasteiger partial charge in [0, 0.05) is 49.0 Å². The Morgan fingerprint density at radius 2 is 1.90 bits per heavy atom. The second-order valence-electron chi connectivity index (χ2n) is 9.15. The van der Waals surface area contributed by atoms with E-state index in [9.17, 15) is 9.59 Å². The summed E-state index contributed by atoms with van der Waals surface area (Å²) in [6.07, 6.45) is 10.4. The molecular weight excluding hydrogens is 378 g/mol. The number of carbonyl (C=O) groups excluding carboxylic acids is 2. The second kappa shape index (κ2) is 8.36. The van der Waals surface area contributed by atoms with Crippen LogP contribution in [-0.2, 0) is 16.1 Å². The van der Waals surface area contributed by atoms with E-state index in [1.807, 2.05) is 10.7 Å². The van der Waals surface area contributed by atoms with Crippen LogP contribution in [-0.4, -0.2) is 51.1 Å². The number of aromatic nitrogens is 3. The van der Waals surface area contributed by atoms with E-state index in [-0.39, 0.29) is 23.7 Å². The summed E-state index contributed by atoms with van der Waals surface area (Å²) < 4.78 is 1.93. The molecule has 160 valence electrons. The predicted octanol–water partition coefficient (Wildman–Crippen LogP) is 2.85. The lowest BCUT2D eigenvalue weighted by Crippen LogP contribution is -2.42. The van der Waals surface area contributed by atoms with Crippen LogP contribution in [0.15, 0.2) is 18.3 Å². The number of nitrogens with zero attached hydrogens (tertiary/aromatic N) is 4. The van der Waals surface area contributed by atoms with Crippen LogP contribution in [0.25, 0.3) is 11.0 Å². The van der Waals surface area contributed by atoms with Crippen molar-refractivity contribution in [2.75, 3.05) is 19.6 Å². The van der Waals surface area contributed by atoms with Gasteiger partial charge < -0.3 is 10.2 Å². The number of likely N-dealkylation sites (tertiary alicyclic amines) is 1. The molecule has 0 aromatic carbocycles. The summed E-state index contributed by atoms with van der Waals surface area (Å²) in [7, 11) is 0. The van der Waals surface area contributed by atoms with Gasteiger partial charge in [0.05, 0.1) is 12.2 Å². The van der Waals surface area contributed by atoms with E-state index >= 15 is 0 Å². The SMILES string of the molecule is O=C(NCCn1nc([C@H]2CCCN(C(=O)C3CCCC3)C2)c2cccnc21)C1CC1. The molecule has 1 aliphatic heterocycles. The van der Waals surface area contributed by atoms with Gasteiger partial charge in [-0.05, 0) is 50.7 Å². The number of amides is 2. The molecule has 1 N–H and O–H groups in total. The molecule has 2 saturated carbocycles. The average Bonchev–Trinajstić information content (AvgIpc) is 3.37. The fourth-order valence-electron chi connectivity index (χ4n) is 5.10. The Balaban J connectivity index is 1.31. The standard InChI is InChI=1S/C23H31N5O2/c29-22(16-9-10-16)25-12-14-28-21-19(8-3-11-24-21)20(26-28)18-7-4-13-27(15-18)23(30)17-5-1-2-6-17/h3,8,11,16-18H,1-2,4-7,9-10,12-15H2,(H,25,29)/t18-/m0/s1. The summed E-state index contributed by atoms with van der Waals surface area (Å²) in [6, 6.07) is 4.04. The van der Waals surface area contributed by atoms with Gasteiger partial charge in [0.1, 0.15) is 0 Å². The molecule has 0 unspecified atom stereocenters. The largest absolute Gasteiger partial charge is 0.354 e. The number of hydrogen-bond acceptors (Lipinski definition) is 4. The van der Waals surface area contributed by atoms with Crippen molar-refractivity contribution in [1.82, 2.24) is 25.0 Å². The third-order valence-electron chi connectivity index (χ3n) is 6.93. The van der Waals surface area contributed by atoms with Gasteiger partial charge in [-0.2, -0.15) is 5.10 Å². The van der Waals surface area contributed by atoms with Crippen molar-refractivity contribution in [2.45, 2.75) is 63.8 Å². The minimum absolute atomic E-state index is 0.160. The highest BCUT2D eigenvalue weighted by Gasteiger charge is 2.33. The maximum Gasteiger partial charge on any atom is 0.225 e. The number of piperidine rings is 1. The minimum atomic E-state index is 0.160. The Morgan fingerprint density at radius 3 is 2.70 bits per heavy atom. The molecule has 0 radical (unpaired) electrons. The molecule has 2 aromatic rings. The maximum atomic E-state index is 13.0. The zero-order valence-corrected chi connectivity index (χ0v) is 17.6. The van der Waals surface area contributed by atoms with E-state index in [0.29, 0.717) is 19.0 Å². The van der Waals surface area contributed by atoms with Crippen LogP contribution in [0, 0.1) is 11.8 Å². The molecule has 7 heteroatoms. The number of rotatable bonds is 6. The number of nitrogens with one attached hydrogen (secondary N) is 1. The Bertz CT molecular complexity index is 929. The van der Waals surface area contributed by atoms with Gasteiger partial charge in [0.25, 0.3) is 0 Å². The lowest BCUT2D eigenvalue weighted by molar-refractivity contribution is -0.136. The molecule has 2 amide bonds. The van der Waals surface area contributed by atoms with Gasteiger partial charge in [0.2, 0.25) is 11.8 Å². The van der Waals surface area contributed by atoms with Crippen molar-refractivity contribution in [3.05, 3.63) is 24.0 Å². The fourth-order valence-corrected chi connectivity index (χ4v) is 5.10. The molecule has 30 heavy (non-hydrogen) atoms. The third-order valence-corrected chi connectivity index (χ3v) is 6.93. The quantitative estimate of drug-likeness (QED) is 0.796. The summed E-state index contributed by atoms with van der Waals surface area (Å²) in [5.74, 6) is 1.21. The Morgan fingerprint density at radius 1 is 1.07 bits per heavy atom. The highest BCUT2D eigenvalue weighted by molar-refractivity contribution is 5.81. The number of fused-ring (bicyclic) bond motifs is 1. The summed E-state index contributed by atoms with van der Waals surface area (Å²) in [5.41, 5.74) is 1.92. The van der Waals surface area contributed by atoms with Gasteiger partial charge in [0.15, 0.2) is 5.65 Å². The Hall–Kier alpha value is -2.44. The molecule has 3 aliphatic rings. The first kappa shape index (κ1) is 19.5. The average molecular weight is 410 g/mol. The van der Waals surface area contributed by atoms with E-state index < -0.39 is 0 Å². The van der Waals surface area contributed by atoms with Crippen LogP contribution in [0.3, 0.4) is 0 Å². The van der Waals surface area contributed by atoms with Crippen molar-refractivity contribution in [1.29, 1.82) is 0 Å². The molecule has 1 saturated heterocycles. The zero-order chi connectivity index (χ0) is 20.5. The summed E-state index contributed by atoms with van der Waals surface area (Å²) in [6.45, 7) is 2.81. The third kappa shape index (κ3) is 3.94. The maximum absolute atomic E-state index is 13.0. The monoisotopic (exact) mass is 409 g/mol. The molecule has 5 rings (SSSR count). The van der Waals surface area contributed by atoms with Gasteiger partial charge >= 0.3 is 0 Å². The summed E-state index contributed by atoms with van der Waals surface area (Å²) in [5, 5.41) is 9.02. The first-order valence-corrected chi connectivity index (χ1v) is 11.6. The van der Waals surface area contributed by atoms with Crippen molar-refractivity contribution >= 4 is 22.8 Å². The molecule has 2 aromatic heterocycles. The van der Waals surface area contributed by atoms with E-state index in [4.69, 9.17) is 5.10 Å². The van der Waals surface area contributed by atoms with Crippen molar-refractivity contribution in [3.63, 3.8) is 0 Å². The van der Waals surface area contributed by atoms with Gasteiger partial charge in [-0.25, -0.2) is 9.67 Å². The molecular formula is C23H31N5O2. The smallest absolute Gasteiger partial charge is 0.225 e. The van der Waals surface area contributed by atoms with Crippen LogP contribution in [0.1, 0.15) is 63.0 Å². The van der Waals surface area contributed by atoms with Crippen LogP contribution >= 0.6 is 0 Å². The van der Waals surface area contributed by atoms with E-state index in [2.05, 4.69) is 21.3 Å². The lowest BCUT2D eigenvalue weighted by atomic mass is 9.92. The highest BCUT2D eigenvalue weighted by Crippen LogP contribution is 2.33. The Labute approximate surface area is 177 Å². The number of carbonyl (C=O) groups is 2. The van der Waals surface area contributed by atoms with Crippen LogP contribution in [0.5, 0.6) is 0 Å². The van der Waals surface area contributed by atoms with E-state index in [1.165, 1.54) is 12.8 Å². The second-order valence-corrected chi connectivity index (χ2v) is 9.15. The predicted molar refractivity (Wildman–Crippen MR) is 114 cm³/mol.